The van der Waals surface area contributed by atoms with Gasteiger partial charge >= 0.3 is 0 Å². The van der Waals surface area contributed by atoms with Crippen LogP contribution in [0.1, 0.15) is 27.2 Å². The molecule has 0 saturated heterocycles. The molecular weight excluding hydrogens is 182 g/mol. The molecule has 14 heavy (non-hydrogen) atoms. The molecule has 0 radical (unpaired) electrons. The molecule has 0 unspecified atom stereocenters. The molecule has 0 atom stereocenters. The van der Waals surface area contributed by atoms with Crippen LogP contribution in [0.15, 0.2) is 12.2 Å². The van der Waals surface area contributed by atoms with Gasteiger partial charge in [0.25, 0.3) is 0 Å². The van der Waals surface area contributed by atoms with E-state index in [-0.39, 0.29) is 5.91 Å². The molecule has 0 saturated carbocycles. The van der Waals surface area contributed by atoms with Gasteiger partial charge in [-0.2, -0.15) is 0 Å². The van der Waals surface area contributed by atoms with Gasteiger partial charge in [-0.3, -0.25) is 14.9 Å². The van der Waals surface area contributed by atoms with Gasteiger partial charge in [-0.05, 0) is 25.3 Å². The Kier molecular flexibility index (Phi) is 13.0. The van der Waals surface area contributed by atoms with Crippen molar-refractivity contribution in [2.24, 2.45) is 5.92 Å². The van der Waals surface area contributed by atoms with Crippen molar-refractivity contribution in [1.29, 1.82) is 0 Å². The summed E-state index contributed by atoms with van der Waals surface area (Å²) in [6.45, 7) is 6.22. The fraction of sp³-hybridized carbons (Fsp3) is 0.600. The third-order valence-electron chi connectivity index (χ3n) is 1.23. The van der Waals surface area contributed by atoms with Crippen molar-refractivity contribution in [3.05, 3.63) is 12.2 Å². The van der Waals surface area contributed by atoms with Crippen molar-refractivity contribution in [3.8, 4) is 0 Å². The zero-order valence-electron chi connectivity index (χ0n) is 8.99. The van der Waals surface area contributed by atoms with Gasteiger partial charge in [-0.1, -0.05) is 19.9 Å². The normalized spacial score (nSPS) is 9.50. The average molecular weight is 201 g/mol. The van der Waals surface area contributed by atoms with E-state index in [1.165, 1.54) is 6.08 Å². The predicted molar refractivity (Wildman–Crippen MR) is 55.6 cm³/mol. The number of allylic oxidation sites excluding steroid dienone is 1. The van der Waals surface area contributed by atoms with Crippen molar-refractivity contribution < 1.29 is 14.7 Å². The minimum absolute atomic E-state index is 0.331. The molecule has 4 nitrogen and oxygen atoms in total. The number of amides is 2. The predicted octanol–water partition coefficient (Wildman–Crippen LogP) is 0.860. The SMILES string of the molecule is C/C=C\C(=O)NC=O.CC(C)CCO. The second-order valence-electron chi connectivity index (χ2n) is 3.03. The molecule has 2 N–H and O–H groups in total. The van der Waals surface area contributed by atoms with Gasteiger partial charge in [-0.25, -0.2) is 0 Å². The maximum atomic E-state index is 10.2. The summed E-state index contributed by atoms with van der Waals surface area (Å²) in [5.41, 5.74) is 0. The number of aliphatic hydroxyl groups is 1. The molecule has 82 valence electrons. The second kappa shape index (κ2) is 11.8. The minimum atomic E-state index is -0.387. The molecule has 0 rings (SSSR count). The Labute approximate surface area is 85.0 Å². The van der Waals surface area contributed by atoms with Crippen LogP contribution < -0.4 is 5.32 Å². The molecule has 0 spiro atoms. The topological polar surface area (TPSA) is 66.4 Å². The van der Waals surface area contributed by atoms with E-state index in [1.807, 2.05) is 5.32 Å². The number of nitrogens with one attached hydrogen (secondary N) is 1. The number of carbonyl (C=O) groups excluding carboxylic acids is 2. The van der Waals surface area contributed by atoms with E-state index >= 15 is 0 Å². The van der Waals surface area contributed by atoms with Gasteiger partial charge in [0.1, 0.15) is 0 Å². The van der Waals surface area contributed by atoms with E-state index in [0.717, 1.165) is 6.42 Å². The maximum Gasteiger partial charge on any atom is 0.249 e. The van der Waals surface area contributed by atoms with E-state index in [4.69, 9.17) is 5.11 Å². The summed E-state index contributed by atoms with van der Waals surface area (Å²) in [5.74, 6) is 0.262. The molecule has 0 bridgehead atoms. The lowest BCUT2D eigenvalue weighted by atomic mass is 10.2. The highest BCUT2D eigenvalue weighted by molar-refractivity contribution is 5.94. The molecular formula is C10H19NO3. The van der Waals surface area contributed by atoms with Crippen LogP contribution in [-0.2, 0) is 9.59 Å². The lowest BCUT2D eigenvalue weighted by Gasteiger charge is -1.95. The quantitative estimate of drug-likeness (QED) is 0.523. The first kappa shape index (κ1) is 15.3. The van der Waals surface area contributed by atoms with Crippen LogP contribution in [0.5, 0.6) is 0 Å². The lowest BCUT2D eigenvalue weighted by Crippen LogP contribution is -2.17. The van der Waals surface area contributed by atoms with Gasteiger partial charge in [0.15, 0.2) is 0 Å². The molecule has 4 heteroatoms. The molecule has 0 aromatic heterocycles. The highest BCUT2D eigenvalue weighted by atomic mass is 16.3. The fourth-order valence-electron chi connectivity index (χ4n) is 0.516. The third kappa shape index (κ3) is 17.1. The molecule has 0 aliphatic carbocycles. The van der Waals surface area contributed by atoms with Gasteiger partial charge in [0, 0.05) is 6.61 Å². The highest BCUT2D eigenvalue weighted by Crippen LogP contribution is 1.94. The van der Waals surface area contributed by atoms with Crippen molar-refractivity contribution in [3.63, 3.8) is 0 Å². The minimum Gasteiger partial charge on any atom is -0.396 e. The highest BCUT2D eigenvalue weighted by Gasteiger charge is 1.86. The fourth-order valence-corrected chi connectivity index (χ4v) is 0.516. The van der Waals surface area contributed by atoms with Gasteiger partial charge in [0.05, 0.1) is 0 Å². The third-order valence-corrected chi connectivity index (χ3v) is 1.23. The van der Waals surface area contributed by atoms with Gasteiger partial charge < -0.3 is 5.11 Å². The summed E-state index contributed by atoms with van der Waals surface area (Å²) in [5, 5.41) is 10.2. The van der Waals surface area contributed by atoms with Crippen LogP contribution in [0, 0.1) is 5.92 Å². The molecule has 0 heterocycles. The van der Waals surface area contributed by atoms with Crippen LogP contribution in [0.2, 0.25) is 0 Å². The summed E-state index contributed by atoms with van der Waals surface area (Å²) in [6, 6.07) is 0. The van der Waals surface area contributed by atoms with Crippen LogP contribution in [-0.4, -0.2) is 24.0 Å². The number of carbonyl (C=O) groups is 2. The van der Waals surface area contributed by atoms with E-state index in [2.05, 4.69) is 13.8 Å². The number of rotatable bonds is 4. The first-order chi connectivity index (χ1) is 6.58. The van der Waals surface area contributed by atoms with Crippen LogP contribution in [0.4, 0.5) is 0 Å². The zero-order chi connectivity index (χ0) is 11.4. The molecule has 0 aliphatic heterocycles. The van der Waals surface area contributed by atoms with Crippen molar-refractivity contribution in [2.75, 3.05) is 6.61 Å². The van der Waals surface area contributed by atoms with E-state index in [1.54, 1.807) is 13.0 Å². The lowest BCUT2D eigenvalue weighted by molar-refractivity contribution is -0.121. The Morgan fingerprint density at radius 3 is 2.29 bits per heavy atom. The largest absolute Gasteiger partial charge is 0.396 e. The number of hydrogen-bond acceptors (Lipinski definition) is 3. The smallest absolute Gasteiger partial charge is 0.249 e. The number of imide groups is 1. The first-order valence-electron chi connectivity index (χ1n) is 4.56. The summed E-state index contributed by atoms with van der Waals surface area (Å²) in [4.78, 5) is 19.7. The monoisotopic (exact) mass is 201 g/mol. The molecule has 2 amide bonds. The number of hydrogen-bond donors (Lipinski definition) is 2. The Hall–Kier alpha value is -1.16. The summed E-state index contributed by atoms with van der Waals surface area (Å²) >= 11 is 0. The van der Waals surface area contributed by atoms with Crippen LogP contribution >= 0.6 is 0 Å². The van der Waals surface area contributed by atoms with E-state index in [9.17, 15) is 9.59 Å². The Balaban J connectivity index is 0. The molecule has 0 aliphatic rings. The van der Waals surface area contributed by atoms with E-state index in [0.29, 0.717) is 18.9 Å². The Morgan fingerprint density at radius 1 is 1.50 bits per heavy atom. The molecule has 0 fully saturated rings. The van der Waals surface area contributed by atoms with Gasteiger partial charge in [-0.15, -0.1) is 0 Å². The van der Waals surface area contributed by atoms with Crippen molar-refractivity contribution in [2.45, 2.75) is 27.2 Å². The first-order valence-corrected chi connectivity index (χ1v) is 4.56. The van der Waals surface area contributed by atoms with Crippen molar-refractivity contribution in [1.82, 2.24) is 5.32 Å². The second-order valence-corrected chi connectivity index (χ2v) is 3.03. The van der Waals surface area contributed by atoms with Gasteiger partial charge in [0.2, 0.25) is 12.3 Å². The Bertz CT molecular complexity index is 176. The molecule has 0 aromatic rings. The Morgan fingerprint density at radius 2 is 2.07 bits per heavy atom. The van der Waals surface area contributed by atoms with E-state index < -0.39 is 0 Å². The number of aliphatic hydroxyl groups excluding tert-OH is 1. The summed E-state index contributed by atoms with van der Waals surface area (Å²) in [6.07, 6.45) is 4.11. The maximum absolute atomic E-state index is 10.2. The van der Waals surface area contributed by atoms with Crippen LogP contribution in [0.25, 0.3) is 0 Å². The van der Waals surface area contributed by atoms with Crippen molar-refractivity contribution >= 4 is 12.3 Å². The zero-order valence-corrected chi connectivity index (χ0v) is 8.99. The standard InChI is InChI=1S/C5H7NO2.C5H12O/c1-2-3-5(8)6-4-7;1-5(2)3-4-6/h2-4H,1H3,(H,6,7,8);5-6H,3-4H2,1-2H3/b3-2-;. The average Bonchev–Trinajstić information content (AvgIpc) is 2.05. The molecule has 0 aromatic carbocycles. The summed E-state index contributed by atoms with van der Waals surface area (Å²) < 4.78 is 0. The van der Waals surface area contributed by atoms with Crippen LogP contribution in [0.3, 0.4) is 0 Å². The summed E-state index contributed by atoms with van der Waals surface area (Å²) in [7, 11) is 0.